The second-order valence-electron chi connectivity index (χ2n) is 8.61. The Kier molecular flexibility index (Phi) is 3.18. The summed E-state index contributed by atoms with van der Waals surface area (Å²) in [5.74, 6) is 1.25. The monoisotopic (exact) mass is 303 g/mol. The third kappa shape index (κ3) is 1.79. The molecule has 0 amide bonds. The van der Waals surface area contributed by atoms with E-state index < -0.39 is 0 Å². The lowest BCUT2D eigenvalue weighted by Gasteiger charge is -2.58. The topological polar surface area (TPSA) is 66.5 Å². The van der Waals surface area contributed by atoms with E-state index in [1.807, 2.05) is 0 Å². The first-order valence-corrected chi connectivity index (χ1v) is 8.88. The van der Waals surface area contributed by atoms with Crippen LogP contribution in [0, 0.1) is 28.6 Å². The van der Waals surface area contributed by atoms with E-state index >= 15 is 0 Å². The van der Waals surface area contributed by atoms with Crippen LogP contribution in [0.5, 0.6) is 0 Å². The zero-order chi connectivity index (χ0) is 15.7. The van der Waals surface area contributed by atoms with Gasteiger partial charge < -0.3 is 15.9 Å². The standard InChI is InChI=1S/C19H29NO2/c1-18-7-5-12(20)9-11(18)10-15(21)17-13-3-4-16(22)19(13,2)8-6-14(17)18/h5,7,9,12-17,21-22H,3-4,6,8,10,20H2,1-2H3/t12-,13-,14-,15-,16-,17-,18-,19-/m0/s1. The lowest BCUT2D eigenvalue weighted by molar-refractivity contribution is -0.108. The molecule has 4 aliphatic carbocycles. The molecule has 22 heavy (non-hydrogen) atoms. The van der Waals surface area contributed by atoms with E-state index in [9.17, 15) is 10.2 Å². The number of rotatable bonds is 0. The van der Waals surface area contributed by atoms with Crippen LogP contribution >= 0.6 is 0 Å². The minimum absolute atomic E-state index is 0.00557. The number of aliphatic hydroxyl groups excluding tert-OH is 2. The van der Waals surface area contributed by atoms with Crippen molar-refractivity contribution in [3.05, 3.63) is 23.8 Å². The Morgan fingerprint density at radius 1 is 1.14 bits per heavy atom. The van der Waals surface area contributed by atoms with E-state index in [0.29, 0.717) is 17.8 Å². The Bertz CT molecular complexity index is 542. The maximum absolute atomic E-state index is 10.9. The molecule has 3 nitrogen and oxygen atoms in total. The minimum Gasteiger partial charge on any atom is -0.393 e. The molecule has 0 bridgehead atoms. The van der Waals surface area contributed by atoms with Crippen LogP contribution in [0.25, 0.3) is 0 Å². The van der Waals surface area contributed by atoms with Crippen molar-refractivity contribution in [2.75, 3.05) is 0 Å². The first-order valence-electron chi connectivity index (χ1n) is 8.88. The molecule has 0 aromatic rings. The molecule has 122 valence electrons. The van der Waals surface area contributed by atoms with Crippen LogP contribution in [0.15, 0.2) is 23.8 Å². The molecule has 0 spiro atoms. The maximum atomic E-state index is 10.9. The summed E-state index contributed by atoms with van der Waals surface area (Å²) in [6, 6.07) is -0.00557. The molecule has 4 rings (SSSR count). The van der Waals surface area contributed by atoms with Gasteiger partial charge in [0.25, 0.3) is 0 Å². The Morgan fingerprint density at radius 3 is 2.68 bits per heavy atom. The SMILES string of the molecule is C[C@]12CC[C@H]3[C@@H]([C@@H](O)CC4=C[C@@H](N)C=C[C@@]43C)[C@@H]1CC[C@@H]2O. The summed E-state index contributed by atoms with van der Waals surface area (Å²) in [5.41, 5.74) is 7.45. The molecule has 0 aliphatic heterocycles. The summed E-state index contributed by atoms with van der Waals surface area (Å²) in [7, 11) is 0. The Morgan fingerprint density at radius 2 is 1.91 bits per heavy atom. The molecule has 0 aromatic heterocycles. The van der Waals surface area contributed by atoms with Crippen LogP contribution in [-0.2, 0) is 0 Å². The van der Waals surface area contributed by atoms with Crippen LogP contribution in [-0.4, -0.2) is 28.5 Å². The average Bonchev–Trinajstić information content (AvgIpc) is 2.77. The summed E-state index contributed by atoms with van der Waals surface area (Å²) in [6.45, 7) is 4.58. The van der Waals surface area contributed by atoms with Crippen molar-refractivity contribution in [2.45, 2.75) is 64.2 Å². The van der Waals surface area contributed by atoms with Gasteiger partial charge in [0.2, 0.25) is 0 Å². The van der Waals surface area contributed by atoms with Crippen LogP contribution < -0.4 is 5.73 Å². The second-order valence-corrected chi connectivity index (χ2v) is 8.61. The zero-order valence-corrected chi connectivity index (χ0v) is 13.7. The van der Waals surface area contributed by atoms with Gasteiger partial charge in [0.1, 0.15) is 0 Å². The normalized spacial score (nSPS) is 56.9. The lowest BCUT2D eigenvalue weighted by Crippen LogP contribution is -2.55. The Labute approximate surface area is 133 Å². The van der Waals surface area contributed by atoms with Crippen LogP contribution in [0.1, 0.15) is 46.0 Å². The van der Waals surface area contributed by atoms with Gasteiger partial charge in [-0.05, 0) is 55.3 Å². The highest BCUT2D eigenvalue weighted by atomic mass is 16.3. The molecule has 4 aliphatic rings. The van der Waals surface area contributed by atoms with Gasteiger partial charge in [-0.25, -0.2) is 0 Å². The van der Waals surface area contributed by atoms with Gasteiger partial charge in [-0.2, -0.15) is 0 Å². The van der Waals surface area contributed by atoms with Crippen molar-refractivity contribution in [2.24, 2.45) is 34.3 Å². The largest absolute Gasteiger partial charge is 0.393 e. The van der Waals surface area contributed by atoms with Gasteiger partial charge in [-0.3, -0.25) is 0 Å². The van der Waals surface area contributed by atoms with Gasteiger partial charge in [0, 0.05) is 11.5 Å². The van der Waals surface area contributed by atoms with Crippen LogP contribution in [0.4, 0.5) is 0 Å². The van der Waals surface area contributed by atoms with Gasteiger partial charge in [-0.15, -0.1) is 0 Å². The zero-order valence-electron chi connectivity index (χ0n) is 13.7. The first-order chi connectivity index (χ1) is 10.4. The third-order valence-electron chi connectivity index (χ3n) is 7.68. The van der Waals surface area contributed by atoms with Crippen molar-refractivity contribution < 1.29 is 10.2 Å². The molecule has 3 saturated carbocycles. The summed E-state index contributed by atoms with van der Waals surface area (Å²) in [5, 5.41) is 21.4. The number of allylic oxidation sites excluding steroid dienone is 1. The number of nitrogens with two attached hydrogens (primary N) is 1. The fraction of sp³-hybridized carbons (Fsp3) is 0.789. The minimum atomic E-state index is -0.280. The molecule has 8 atom stereocenters. The molecule has 0 heterocycles. The molecule has 0 unspecified atom stereocenters. The van der Waals surface area contributed by atoms with Crippen molar-refractivity contribution in [1.29, 1.82) is 0 Å². The quantitative estimate of drug-likeness (QED) is 0.602. The Balaban J connectivity index is 1.74. The smallest absolute Gasteiger partial charge is 0.0611 e. The summed E-state index contributed by atoms with van der Waals surface area (Å²) < 4.78 is 0. The third-order valence-corrected chi connectivity index (χ3v) is 7.68. The van der Waals surface area contributed by atoms with E-state index in [1.165, 1.54) is 5.57 Å². The summed E-state index contributed by atoms with van der Waals surface area (Å²) in [6.07, 6.45) is 11.0. The highest BCUT2D eigenvalue weighted by Gasteiger charge is 2.60. The van der Waals surface area contributed by atoms with E-state index in [2.05, 4.69) is 32.1 Å². The molecule has 0 saturated heterocycles. The van der Waals surface area contributed by atoms with Crippen molar-refractivity contribution >= 4 is 0 Å². The van der Waals surface area contributed by atoms with E-state index in [0.717, 1.165) is 32.1 Å². The van der Waals surface area contributed by atoms with Gasteiger partial charge >= 0.3 is 0 Å². The van der Waals surface area contributed by atoms with E-state index in [4.69, 9.17) is 5.73 Å². The fourth-order valence-corrected chi connectivity index (χ4v) is 6.30. The molecule has 3 heteroatoms. The van der Waals surface area contributed by atoms with Crippen LogP contribution in [0.2, 0.25) is 0 Å². The maximum Gasteiger partial charge on any atom is 0.0611 e. The number of aliphatic hydroxyl groups is 2. The molecule has 3 fully saturated rings. The lowest BCUT2D eigenvalue weighted by atomic mass is 9.47. The Hall–Kier alpha value is -0.640. The van der Waals surface area contributed by atoms with Gasteiger partial charge in [-0.1, -0.05) is 37.6 Å². The number of fused-ring (bicyclic) bond motifs is 5. The number of hydrogen-bond donors (Lipinski definition) is 3. The molecule has 4 N–H and O–H groups in total. The first kappa shape index (κ1) is 14.9. The predicted octanol–water partition coefficient (Wildman–Crippen LogP) is 2.38. The van der Waals surface area contributed by atoms with Gasteiger partial charge in [0.05, 0.1) is 12.2 Å². The van der Waals surface area contributed by atoms with E-state index in [1.54, 1.807) is 0 Å². The molecular weight excluding hydrogens is 274 g/mol. The highest BCUT2D eigenvalue weighted by molar-refractivity contribution is 5.35. The predicted molar refractivity (Wildman–Crippen MR) is 87.0 cm³/mol. The summed E-state index contributed by atoms with van der Waals surface area (Å²) >= 11 is 0. The van der Waals surface area contributed by atoms with Crippen LogP contribution in [0.3, 0.4) is 0 Å². The van der Waals surface area contributed by atoms with Crippen molar-refractivity contribution in [1.82, 2.24) is 0 Å². The van der Waals surface area contributed by atoms with Gasteiger partial charge in [0.15, 0.2) is 0 Å². The van der Waals surface area contributed by atoms with E-state index in [-0.39, 0.29) is 29.1 Å². The highest BCUT2D eigenvalue weighted by Crippen LogP contribution is 2.64. The molecule has 0 aromatic carbocycles. The van der Waals surface area contributed by atoms with Crippen molar-refractivity contribution in [3.8, 4) is 0 Å². The second kappa shape index (κ2) is 4.68. The average molecular weight is 303 g/mol. The van der Waals surface area contributed by atoms with Crippen molar-refractivity contribution in [3.63, 3.8) is 0 Å². The summed E-state index contributed by atoms with van der Waals surface area (Å²) in [4.78, 5) is 0. The fourth-order valence-electron chi connectivity index (χ4n) is 6.30. The number of hydrogen-bond acceptors (Lipinski definition) is 3. The molecule has 0 radical (unpaired) electrons. The molecular formula is C19H29NO2.